The molecule has 0 spiro atoms. The van der Waals surface area contributed by atoms with Gasteiger partial charge in [-0.1, -0.05) is 0 Å². The number of anilines is 1. The molecule has 1 saturated heterocycles. The number of piperidine rings is 1. The molecular weight excluding hydrogens is 264 g/mol. The summed E-state index contributed by atoms with van der Waals surface area (Å²) in [6, 6.07) is 4.33. The first-order valence-electron chi connectivity index (χ1n) is 7.49. The van der Waals surface area contributed by atoms with E-state index in [1.165, 1.54) is 0 Å². The van der Waals surface area contributed by atoms with Crippen molar-refractivity contribution in [2.24, 2.45) is 0 Å². The average molecular weight is 288 g/mol. The van der Waals surface area contributed by atoms with Crippen molar-refractivity contribution >= 4 is 11.5 Å². The van der Waals surface area contributed by atoms with Crippen LogP contribution in [-0.4, -0.2) is 36.9 Å². The Bertz CT molecular complexity index is 641. The number of nitrogens with zero attached hydrogens (tertiary/aromatic N) is 4. The van der Waals surface area contributed by atoms with E-state index in [9.17, 15) is 0 Å². The molecule has 2 aromatic heterocycles. The fraction of sp³-hybridized carbons (Fsp3) is 0.667. The van der Waals surface area contributed by atoms with Gasteiger partial charge < -0.3 is 10.6 Å². The summed E-state index contributed by atoms with van der Waals surface area (Å²) in [6.07, 6.45) is 2.13. The van der Waals surface area contributed by atoms with Crippen LogP contribution in [0.4, 0.5) is 5.82 Å². The van der Waals surface area contributed by atoms with Crippen molar-refractivity contribution in [3.63, 3.8) is 0 Å². The Morgan fingerprint density at radius 1 is 1.14 bits per heavy atom. The number of hydrogen-bond acceptors (Lipinski definition) is 5. The topological polar surface area (TPSA) is 67.1 Å². The summed E-state index contributed by atoms with van der Waals surface area (Å²) < 4.78 is 1.78. The molecule has 0 unspecified atom stereocenters. The normalized spacial score (nSPS) is 21.6. The third-order valence-corrected chi connectivity index (χ3v) is 3.96. The zero-order chi connectivity index (χ0) is 15.3. The predicted octanol–water partition coefficient (Wildman–Crippen LogP) is 2.15. The molecule has 1 fully saturated rings. The molecule has 2 N–H and O–H groups in total. The van der Waals surface area contributed by atoms with Gasteiger partial charge in [0.15, 0.2) is 11.5 Å². The molecule has 0 aromatic carbocycles. The van der Waals surface area contributed by atoms with Gasteiger partial charge in [0.2, 0.25) is 0 Å². The van der Waals surface area contributed by atoms with E-state index in [1.54, 1.807) is 4.52 Å². The Morgan fingerprint density at radius 2 is 1.81 bits per heavy atom. The largest absolute Gasteiger partial charge is 0.366 e. The Hall–Kier alpha value is -1.69. The standard InChI is InChI=1S/C15H24N6/c1-10-17-18-13-7-6-12(19-21(10)13)16-11-8-14(2,3)20-15(4,5)9-11/h6-7,11,20H,8-9H2,1-5H3,(H,16,19). The highest BCUT2D eigenvalue weighted by atomic mass is 15.4. The van der Waals surface area contributed by atoms with Gasteiger partial charge in [-0.05, 0) is 59.6 Å². The Kier molecular flexibility index (Phi) is 3.16. The molecule has 3 rings (SSSR count). The molecule has 0 bridgehead atoms. The first-order valence-corrected chi connectivity index (χ1v) is 7.49. The lowest BCUT2D eigenvalue weighted by Gasteiger charge is -2.46. The van der Waals surface area contributed by atoms with Gasteiger partial charge in [0.05, 0.1) is 0 Å². The molecule has 1 aliphatic rings. The van der Waals surface area contributed by atoms with E-state index in [4.69, 9.17) is 0 Å². The molecular formula is C15H24N6. The van der Waals surface area contributed by atoms with Gasteiger partial charge in [-0.25, -0.2) is 0 Å². The van der Waals surface area contributed by atoms with E-state index >= 15 is 0 Å². The lowest BCUT2D eigenvalue weighted by molar-refractivity contribution is 0.170. The van der Waals surface area contributed by atoms with Crippen molar-refractivity contribution in [3.05, 3.63) is 18.0 Å². The third kappa shape index (κ3) is 3.00. The van der Waals surface area contributed by atoms with Gasteiger partial charge in [0, 0.05) is 17.1 Å². The van der Waals surface area contributed by atoms with Gasteiger partial charge in [-0.2, -0.15) is 4.52 Å². The Balaban J connectivity index is 1.82. The molecule has 3 heterocycles. The van der Waals surface area contributed by atoms with E-state index in [0.717, 1.165) is 30.1 Å². The second kappa shape index (κ2) is 4.66. The minimum absolute atomic E-state index is 0.121. The van der Waals surface area contributed by atoms with E-state index in [-0.39, 0.29) is 11.1 Å². The molecule has 0 aliphatic carbocycles. The van der Waals surface area contributed by atoms with Gasteiger partial charge >= 0.3 is 0 Å². The summed E-state index contributed by atoms with van der Waals surface area (Å²) in [7, 11) is 0. The second-order valence-electron chi connectivity index (χ2n) is 7.38. The maximum Gasteiger partial charge on any atom is 0.178 e. The lowest BCUT2D eigenvalue weighted by Crippen LogP contribution is -2.60. The highest BCUT2D eigenvalue weighted by molar-refractivity contribution is 5.44. The average Bonchev–Trinajstić information content (AvgIpc) is 2.67. The zero-order valence-electron chi connectivity index (χ0n) is 13.4. The summed E-state index contributed by atoms with van der Waals surface area (Å²) in [6.45, 7) is 10.9. The Morgan fingerprint density at radius 3 is 2.48 bits per heavy atom. The highest BCUT2D eigenvalue weighted by Gasteiger charge is 2.37. The monoisotopic (exact) mass is 288 g/mol. The van der Waals surface area contributed by atoms with Crippen molar-refractivity contribution in [1.29, 1.82) is 0 Å². The highest BCUT2D eigenvalue weighted by Crippen LogP contribution is 2.30. The third-order valence-electron chi connectivity index (χ3n) is 3.96. The van der Waals surface area contributed by atoms with Crippen LogP contribution in [0.5, 0.6) is 0 Å². The van der Waals surface area contributed by atoms with Crippen LogP contribution in [0.1, 0.15) is 46.4 Å². The van der Waals surface area contributed by atoms with Gasteiger partial charge in [0.25, 0.3) is 0 Å². The molecule has 0 atom stereocenters. The fourth-order valence-electron chi connectivity index (χ4n) is 3.61. The summed E-state index contributed by atoms with van der Waals surface area (Å²) >= 11 is 0. The number of hydrogen-bond donors (Lipinski definition) is 2. The van der Waals surface area contributed by atoms with E-state index in [1.807, 2.05) is 19.1 Å². The van der Waals surface area contributed by atoms with Crippen LogP contribution >= 0.6 is 0 Å². The predicted molar refractivity (Wildman–Crippen MR) is 83.5 cm³/mol. The van der Waals surface area contributed by atoms with E-state index < -0.39 is 0 Å². The lowest BCUT2D eigenvalue weighted by atomic mass is 9.79. The van der Waals surface area contributed by atoms with Crippen LogP contribution in [0.3, 0.4) is 0 Å². The van der Waals surface area contributed by atoms with Crippen LogP contribution in [0.15, 0.2) is 12.1 Å². The van der Waals surface area contributed by atoms with Crippen molar-refractivity contribution in [2.45, 2.75) is 64.6 Å². The molecule has 6 nitrogen and oxygen atoms in total. The van der Waals surface area contributed by atoms with Crippen molar-refractivity contribution in [2.75, 3.05) is 5.32 Å². The minimum atomic E-state index is 0.121. The quantitative estimate of drug-likeness (QED) is 0.886. The maximum absolute atomic E-state index is 4.58. The maximum atomic E-state index is 4.58. The molecule has 0 radical (unpaired) electrons. The number of aromatic nitrogens is 4. The zero-order valence-corrected chi connectivity index (χ0v) is 13.4. The molecule has 0 amide bonds. The summed E-state index contributed by atoms with van der Waals surface area (Å²) in [5, 5.41) is 20.0. The number of nitrogens with one attached hydrogen (secondary N) is 2. The van der Waals surface area contributed by atoms with E-state index in [0.29, 0.717) is 6.04 Å². The molecule has 2 aromatic rings. The van der Waals surface area contributed by atoms with Crippen LogP contribution in [0.25, 0.3) is 5.65 Å². The fourth-order valence-corrected chi connectivity index (χ4v) is 3.61. The minimum Gasteiger partial charge on any atom is -0.366 e. The van der Waals surface area contributed by atoms with Crippen molar-refractivity contribution in [1.82, 2.24) is 25.1 Å². The van der Waals surface area contributed by atoms with Gasteiger partial charge in [0.1, 0.15) is 5.82 Å². The smallest absolute Gasteiger partial charge is 0.178 e. The first-order chi connectivity index (χ1) is 9.74. The molecule has 6 heteroatoms. The molecule has 21 heavy (non-hydrogen) atoms. The molecule has 0 saturated carbocycles. The number of aryl methyl sites for hydroxylation is 1. The van der Waals surface area contributed by atoms with Crippen LogP contribution in [0, 0.1) is 6.92 Å². The summed E-state index contributed by atoms with van der Waals surface area (Å²) in [4.78, 5) is 0. The van der Waals surface area contributed by atoms with Crippen LogP contribution in [0.2, 0.25) is 0 Å². The van der Waals surface area contributed by atoms with Gasteiger partial charge in [-0.3, -0.25) is 0 Å². The van der Waals surface area contributed by atoms with Crippen LogP contribution in [-0.2, 0) is 0 Å². The number of fused-ring (bicyclic) bond motifs is 1. The first kappa shape index (κ1) is 14.3. The number of rotatable bonds is 2. The summed E-state index contributed by atoms with van der Waals surface area (Å²) in [5.74, 6) is 1.68. The molecule has 114 valence electrons. The van der Waals surface area contributed by atoms with Gasteiger partial charge in [-0.15, -0.1) is 15.3 Å². The van der Waals surface area contributed by atoms with Crippen LogP contribution < -0.4 is 10.6 Å². The van der Waals surface area contributed by atoms with Crippen molar-refractivity contribution in [3.8, 4) is 0 Å². The Labute approximate surface area is 125 Å². The second-order valence-corrected chi connectivity index (χ2v) is 7.38. The van der Waals surface area contributed by atoms with Crippen molar-refractivity contribution < 1.29 is 0 Å². The summed E-state index contributed by atoms with van der Waals surface area (Å²) in [5.41, 5.74) is 1.02. The van der Waals surface area contributed by atoms with E-state index in [2.05, 4.69) is 53.6 Å². The SMILES string of the molecule is Cc1nnc2ccc(NC3CC(C)(C)NC(C)(C)C3)nn12. The molecule has 1 aliphatic heterocycles.